The van der Waals surface area contributed by atoms with Gasteiger partial charge in [-0.15, -0.1) is 0 Å². The Morgan fingerprint density at radius 2 is 1.97 bits per heavy atom. The van der Waals surface area contributed by atoms with Gasteiger partial charge in [-0.2, -0.15) is 0 Å². The van der Waals surface area contributed by atoms with Crippen molar-refractivity contribution in [3.05, 3.63) is 65.0 Å². The minimum atomic E-state index is -0.0971. The summed E-state index contributed by atoms with van der Waals surface area (Å²) >= 11 is 0. The lowest BCUT2D eigenvalue weighted by Crippen LogP contribution is -2.55. The van der Waals surface area contributed by atoms with Crippen LogP contribution in [0.4, 0.5) is 0 Å². The van der Waals surface area contributed by atoms with E-state index in [-0.39, 0.29) is 11.3 Å². The second-order valence-electron chi connectivity index (χ2n) is 10.9. The zero-order valence-corrected chi connectivity index (χ0v) is 21.2. The molecular weight excluding hydrogens is 418 g/mol. The van der Waals surface area contributed by atoms with E-state index in [1.54, 1.807) is 0 Å². The molecule has 2 aliphatic heterocycles. The van der Waals surface area contributed by atoms with Crippen molar-refractivity contribution in [3.8, 4) is 0 Å². The molecule has 1 spiro atoms. The molecule has 0 radical (unpaired) electrons. The van der Waals surface area contributed by atoms with Crippen LogP contribution >= 0.6 is 0 Å². The van der Waals surface area contributed by atoms with Gasteiger partial charge in [-0.25, -0.2) is 0 Å². The number of likely N-dealkylation sites (tertiary alicyclic amines) is 1. The van der Waals surface area contributed by atoms with Crippen molar-refractivity contribution in [3.63, 3.8) is 0 Å². The maximum Gasteiger partial charge on any atom is 0.228 e. The molecule has 2 saturated heterocycles. The average Bonchev–Trinajstić information content (AvgIpc) is 3.28. The standard InChI is InChI=1S/C30H41N3O/c1-4-22(5-2)28-18-24(23-10-7-6-8-11-23)15-17-33(28)29(34)26-19-31-20-30(26)16-9-12-27-25(30)14-13-21(3)32-27/h6-8,10-11,13-14,22,24,26,28,31H,4-5,9,12,15-20H2,1-3H3. The Morgan fingerprint density at radius 1 is 1.18 bits per heavy atom. The minimum Gasteiger partial charge on any atom is -0.339 e. The van der Waals surface area contributed by atoms with Gasteiger partial charge in [-0.3, -0.25) is 9.78 Å². The molecule has 1 aliphatic carbocycles. The number of aryl methyl sites for hydroxylation is 2. The molecule has 1 aromatic carbocycles. The summed E-state index contributed by atoms with van der Waals surface area (Å²) in [4.78, 5) is 21.6. The molecule has 1 amide bonds. The van der Waals surface area contributed by atoms with E-state index in [9.17, 15) is 4.79 Å². The van der Waals surface area contributed by atoms with Gasteiger partial charge in [0.1, 0.15) is 0 Å². The van der Waals surface area contributed by atoms with Gasteiger partial charge in [-0.05, 0) is 68.1 Å². The van der Waals surface area contributed by atoms with Gasteiger partial charge >= 0.3 is 0 Å². The van der Waals surface area contributed by atoms with Gasteiger partial charge in [0.25, 0.3) is 0 Å². The van der Waals surface area contributed by atoms with Crippen LogP contribution in [0.25, 0.3) is 0 Å². The van der Waals surface area contributed by atoms with Crippen LogP contribution in [0, 0.1) is 18.8 Å². The van der Waals surface area contributed by atoms with Crippen LogP contribution in [0.3, 0.4) is 0 Å². The molecule has 3 aliphatic rings. The Balaban J connectivity index is 1.45. The SMILES string of the molecule is CCC(CC)C1CC(c2ccccc2)CCN1C(=O)C1CNCC12CCCc1nc(C)ccc12. The number of aromatic nitrogens is 1. The monoisotopic (exact) mass is 459 g/mol. The fraction of sp³-hybridized carbons (Fsp3) is 0.600. The molecular formula is C30H41N3O. The van der Waals surface area contributed by atoms with Gasteiger partial charge in [0.15, 0.2) is 0 Å². The number of amides is 1. The number of benzene rings is 1. The lowest BCUT2D eigenvalue weighted by atomic mass is 9.64. The van der Waals surface area contributed by atoms with E-state index in [4.69, 9.17) is 4.98 Å². The second kappa shape index (κ2) is 9.81. The maximum absolute atomic E-state index is 14.4. The molecule has 4 heteroatoms. The summed E-state index contributed by atoms with van der Waals surface area (Å²) in [6.07, 6.45) is 7.67. The molecule has 3 heterocycles. The Bertz CT molecular complexity index is 1000. The summed E-state index contributed by atoms with van der Waals surface area (Å²) in [5, 5.41) is 3.64. The molecule has 1 aromatic heterocycles. The highest BCUT2D eigenvalue weighted by atomic mass is 16.2. The smallest absolute Gasteiger partial charge is 0.228 e. The van der Waals surface area contributed by atoms with Crippen LogP contribution in [0.2, 0.25) is 0 Å². The van der Waals surface area contributed by atoms with E-state index >= 15 is 0 Å². The minimum absolute atomic E-state index is 0.0150. The van der Waals surface area contributed by atoms with Gasteiger partial charge in [0.2, 0.25) is 5.91 Å². The predicted molar refractivity (Wildman–Crippen MR) is 138 cm³/mol. The normalized spacial score (nSPS) is 28.9. The van der Waals surface area contributed by atoms with Gasteiger partial charge in [-0.1, -0.05) is 63.1 Å². The van der Waals surface area contributed by atoms with Crippen molar-refractivity contribution < 1.29 is 4.79 Å². The lowest BCUT2D eigenvalue weighted by molar-refractivity contribution is -0.142. The van der Waals surface area contributed by atoms with E-state index in [2.05, 4.69) is 73.5 Å². The quantitative estimate of drug-likeness (QED) is 0.652. The summed E-state index contributed by atoms with van der Waals surface area (Å²) in [7, 11) is 0. The molecule has 4 nitrogen and oxygen atoms in total. The van der Waals surface area contributed by atoms with Crippen LogP contribution in [-0.2, 0) is 16.6 Å². The maximum atomic E-state index is 14.4. The number of hydrogen-bond donors (Lipinski definition) is 1. The topological polar surface area (TPSA) is 45.2 Å². The number of fused-ring (bicyclic) bond motifs is 2. The summed E-state index contributed by atoms with van der Waals surface area (Å²) in [6, 6.07) is 15.7. The molecule has 2 aromatic rings. The van der Waals surface area contributed by atoms with Crippen molar-refractivity contribution in [1.29, 1.82) is 0 Å². The van der Waals surface area contributed by atoms with E-state index in [1.165, 1.54) is 16.8 Å². The lowest BCUT2D eigenvalue weighted by Gasteiger charge is -2.47. The van der Waals surface area contributed by atoms with Crippen molar-refractivity contribution >= 4 is 5.91 Å². The molecule has 0 bridgehead atoms. The summed E-state index contributed by atoms with van der Waals surface area (Å²) in [5.74, 6) is 1.51. The fourth-order valence-corrected chi connectivity index (χ4v) is 7.37. The molecule has 1 N–H and O–H groups in total. The number of rotatable bonds is 5. The van der Waals surface area contributed by atoms with Crippen LogP contribution in [0.1, 0.15) is 80.8 Å². The van der Waals surface area contributed by atoms with E-state index in [0.29, 0.717) is 23.8 Å². The Morgan fingerprint density at radius 3 is 2.74 bits per heavy atom. The largest absolute Gasteiger partial charge is 0.339 e. The third-order valence-electron chi connectivity index (χ3n) is 9.23. The highest BCUT2D eigenvalue weighted by molar-refractivity contribution is 5.82. The zero-order chi connectivity index (χ0) is 23.7. The van der Waals surface area contributed by atoms with E-state index in [0.717, 1.165) is 70.3 Å². The Kier molecular flexibility index (Phi) is 6.79. The first-order valence-corrected chi connectivity index (χ1v) is 13.6. The van der Waals surface area contributed by atoms with Gasteiger partial charge in [0, 0.05) is 42.5 Å². The highest BCUT2D eigenvalue weighted by Gasteiger charge is 2.52. The van der Waals surface area contributed by atoms with Crippen LogP contribution in [0.15, 0.2) is 42.5 Å². The van der Waals surface area contributed by atoms with Crippen molar-refractivity contribution in [2.24, 2.45) is 11.8 Å². The number of piperidine rings is 1. The average molecular weight is 460 g/mol. The molecule has 34 heavy (non-hydrogen) atoms. The zero-order valence-electron chi connectivity index (χ0n) is 21.2. The van der Waals surface area contributed by atoms with Crippen LogP contribution < -0.4 is 5.32 Å². The first kappa shape index (κ1) is 23.5. The highest BCUT2D eigenvalue weighted by Crippen LogP contribution is 2.46. The molecule has 4 atom stereocenters. The third kappa shape index (κ3) is 4.08. The first-order valence-electron chi connectivity index (χ1n) is 13.6. The van der Waals surface area contributed by atoms with Gasteiger partial charge in [0.05, 0.1) is 5.92 Å². The van der Waals surface area contributed by atoms with Gasteiger partial charge < -0.3 is 10.2 Å². The number of nitrogens with zero attached hydrogens (tertiary/aromatic N) is 2. The summed E-state index contributed by atoms with van der Waals surface area (Å²) in [6.45, 7) is 9.25. The number of carbonyl (C=O) groups is 1. The number of hydrogen-bond acceptors (Lipinski definition) is 3. The second-order valence-corrected chi connectivity index (χ2v) is 10.9. The van der Waals surface area contributed by atoms with E-state index in [1.807, 2.05) is 0 Å². The molecule has 5 rings (SSSR count). The summed E-state index contributed by atoms with van der Waals surface area (Å²) < 4.78 is 0. The van der Waals surface area contributed by atoms with Crippen molar-refractivity contribution in [1.82, 2.24) is 15.2 Å². The Labute approximate surface area is 205 Å². The first-order chi connectivity index (χ1) is 16.6. The predicted octanol–water partition coefficient (Wildman–Crippen LogP) is 5.39. The molecule has 182 valence electrons. The van der Waals surface area contributed by atoms with E-state index < -0.39 is 0 Å². The Hall–Kier alpha value is -2.20. The van der Waals surface area contributed by atoms with Crippen molar-refractivity contribution in [2.45, 2.75) is 83.1 Å². The van der Waals surface area contributed by atoms with Crippen molar-refractivity contribution in [2.75, 3.05) is 19.6 Å². The van der Waals surface area contributed by atoms with Crippen LogP contribution in [-0.4, -0.2) is 41.5 Å². The molecule has 0 saturated carbocycles. The number of pyridine rings is 1. The number of carbonyl (C=O) groups excluding carboxylic acids is 1. The summed E-state index contributed by atoms with van der Waals surface area (Å²) in [5.41, 5.74) is 4.99. The molecule has 2 fully saturated rings. The third-order valence-corrected chi connectivity index (χ3v) is 9.23. The fourth-order valence-electron chi connectivity index (χ4n) is 7.37. The molecule has 4 unspecified atom stereocenters. The number of nitrogens with one attached hydrogen (secondary N) is 1. The van der Waals surface area contributed by atoms with Crippen LogP contribution in [0.5, 0.6) is 0 Å².